The molecule has 3 aliphatic heterocycles. The number of carbonyl (C=O) groups excluding carboxylic acids is 2. The van der Waals surface area contributed by atoms with Gasteiger partial charge < -0.3 is 19.3 Å². The largest absolute Gasteiger partial charge is 0.497 e. The summed E-state index contributed by atoms with van der Waals surface area (Å²) in [5.41, 5.74) is -1.01. The maximum Gasteiger partial charge on any atom is 0.411 e. The van der Waals surface area contributed by atoms with Crippen molar-refractivity contribution in [2.75, 3.05) is 57.7 Å². The number of hydrogen-bond acceptors (Lipinski definition) is 9. The van der Waals surface area contributed by atoms with E-state index in [-0.39, 0.29) is 52.4 Å². The Labute approximate surface area is 306 Å². The number of hydrogen-bond donors (Lipinski definition) is 0. The van der Waals surface area contributed by atoms with Gasteiger partial charge in [-0.3, -0.25) is 9.69 Å². The van der Waals surface area contributed by atoms with E-state index in [0.29, 0.717) is 47.8 Å². The molecule has 6 rings (SSSR count). The van der Waals surface area contributed by atoms with Crippen molar-refractivity contribution in [1.82, 2.24) is 14.7 Å². The number of fused-ring (bicyclic) bond motifs is 1. The van der Waals surface area contributed by atoms with Crippen LogP contribution in [0, 0.1) is 11.3 Å². The average molecular weight is 745 g/mol. The highest BCUT2D eigenvalue weighted by molar-refractivity contribution is 7.93. The molecule has 0 radical (unpaired) electrons. The number of carbonyl (C=O) groups is 2. The van der Waals surface area contributed by atoms with Crippen molar-refractivity contribution in [2.45, 2.75) is 49.1 Å². The second kappa shape index (κ2) is 15.6. The van der Waals surface area contributed by atoms with Gasteiger partial charge in [0, 0.05) is 43.3 Å². The third kappa shape index (κ3) is 6.77. The van der Waals surface area contributed by atoms with Crippen LogP contribution < -0.4 is 9.04 Å². The number of methoxy groups -OCH3 is 1. The molecule has 3 aromatic rings. The number of halogens is 2. The Morgan fingerprint density at radius 1 is 0.920 bits per heavy atom. The Morgan fingerprint density at radius 3 is 2.20 bits per heavy atom. The molecule has 3 aromatic carbocycles. The zero-order valence-electron chi connectivity index (χ0n) is 28.6. The number of sulfonamides is 1. The molecule has 3 aliphatic rings. The van der Waals surface area contributed by atoms with Crippen LogP contribution in [0.25, 0.3) is 0 Å². The number of nitriles is 1. The van der Waals surface area contributed by atoms with E-state index in [1.54, 1.807) is 35.2 Å². The van der Waals surface area contributed by atoms with Crippen LogP contribution in [0.5, 0.6) is 5.75 Å². The summed E-state index contributed by atoms with van der Waals surface area (Å²) in [4.78, 5) is 35.4. The SMILES string of the molecule is COc1ccc2c(c1)C(OC(=O)N1CCN(C3CCN(C)CC3)CC1)(c1ccccc1C(C)C)C(=O)N2S(=O)(=O)c1ccccc1C#N.Cl.Cl. The summed E-state index contributed by atoms with van der Waals surface area (Å²) in [6, 6.07) is 19.8. The van der Waals surface area contributed by atoms with E-state index in [1.807, 2.05) is 32.0 Å². The minimum atomic E-state index is -4.65. The molecule has 1 unspecified atom stereocenters. The van der Waals surface area contributed by atoms with Gasteiger partial charge in [0.05, 0.1) is 18.4 Å². The summed E-state index contributed by atoms with van der Waals surface area (Å²) in [6.07, 6.45) is 1.43. The molecule has 0 N–H and O–H groups in total. The van der Waals surface area contributed by atoms with Gasteiger partial charge in [-0.15, -0.1) is 24.8 Å². The maximum absolute atomic E-state index is 15.1. The summed E-state index contributed by atoms with van der Waals surface area (Å²) < 4.78 is 41.5. The average Bonchev–Trinajstić information content (AvgIpc) is 3.35. The third-order valence-electron chi connectivity index (χ3n) is 9.79. The number of piperidine rings is 1. The van der Waals surface area contributed by atoms with Crippen LogP contribution >= 0.6 is 24.8 Å². The summed E-state index contributed by atoms with van der Waals surface area (Å²) in [6.45, 7) is 8.14. The summed E-state index contributed by atoms with van der Waals surface area (Å²) in [5.74, 6) is -0.723. The van der Waals surface area contributed by atoms with Gasteiger partial charge in [-0.1, -0.05) is 50.2 Å². The first-order valence-corrected chi connectivity index (χ1v) is 17.7. The van der Waals surface area contributed by atoms with Crippen molar-refractivity contribution in [1.29, 1.82) is 5.26 Å². The monoisotopic (exact) mass is 743 g/mol. The lowest BCUT2D eigenvalue weighted by Gasteiger charge is -2.42. The first-order valence-electron chi connectivity index (χ1n) is 16.3. The van der Waals surface area contributed by atoms with Crippen LogP contribution in [0.15, 0.2) is 71.6 Å². The minimum Gasteiger partial charge on any atom is -0.497 e. The zero-order chi connectivity index (χ0) is 34.2. The van der Waals surface area contributed by atoms with Crippen molar-refractivity contribution in [3.63, 3.8) is 0 Å². The highest BCUT2D eigenvalue weighted by Crippen LogP contribution is 2.52. The maximum atomic E-state index is 15.1. The second-order valence-electron chi connectivity index (χ2n) is 12.9. The van der Waals surface area contributed by atoms with Crippen molar-refractivity contribution in [3.05, 3.63) is 89.0 Å². The standard InChI is InChI=1S/C36H41N5O6S.2ClH/c1-25(2)29-10-6-7-11-30(29)36(47-35(43)40-21-19-39(20-22-40)27-15-17-38(3)18-16-27)31-23-28(46-4)13-14-32(31)41(34(36)42)48(44,45)33-12-8-5-9-26(33)24-37;;/h5-14,23,25,27H,15-22H2,1-4H3;2*1H. The van der Waals surface area contributed by atoms with E-state index in [2.05, 4.69) is 16.8 Å². The molecule has 2 amide bonds. The lowest BCUT2D eigenvalue weighted by molar-refractivity contribution is -0.132. The fraction of sp³-hybridized carbons (Fsp3) is 0.417. The highest BCUT2D eigenvalue weighted by atomic mass is 35.5. The minimum absolute atomic E-state index is 0. The first-order chi connectivity index (χ1) is 23.0. The van der Waals surface area contributed by atoms with Crippen molar-refractivity contribution >= 4 is 52.5 Å². The number of benzene rings is 3. The van der Waals surface area contributed by atoms with Gasteiger partial charge in [0.15, 0.2) is 0 Å². The number of amides is 2. The molecular weight excluding hydrogens is 701 g/mol. The molecule has 1 atom stereocenters. The number of rotatable bonds is 7. The van der Waals surface area contributed by atoms with Gasteiger partial charge in [-0.25, -0.2) is 13.2 Å². The Balaban J connectivity index is 0.00000281. The van der Waals surface area contributed by atoms with Crippen LogP contribution in [0.2, 0.25) is 0 Å². The Bertz CT molecular complexity index is 1870. The Kier molecular flexibility index (Phi) is 12.1. The number of ether oxygens (including phenoxy) is 2. The molecule has 2 saturated heterocycles. The van der Waals surface area contributed by atoms with Gasteiger partial charge in [0.1, 0.15) is 16.7 Å². The molecule has 268 valence electrons. The van der Waals surface area contributed by atoms with Crippen LogP contribution in [-0.4, -0.2) is 94.6 Å². The molecule has 0 bridgehead atoms. The number of anilines is 1. The molecule has 50 heavy (non-hydrogen) atoms. The predicted octanol–water partition coefficient (Wildman–Crippen LogP) is 5.36. The molecule has 0 aliphatic carbocycles. The van der Waals surface area contributed by atoms with E-state index < -0.39 is 27.6 Å². The third-order valence-corrected chi connectivity index (χ3v) is 11.5. The number of likely N-dealkylation sites (tertiary alicyclic amines) is 1. The molecule has 0 spiro atoms. The fourth-order valence-corrected chi connectivity index (χ4v) is 8.75. The van der Waals surface area contributed by atoms with Crippen molar-refractivity contribution in [3.8, 4) is 11.8 Å². The van der Waals surface area contributed by atoms with Gasteiger partial charge in [0.2, 0.25) is 5.60 Å². The van der Waals surface area contributed by atoms with Crippen LogP contribution in [0.4, 0.5) is 10.5 Å². The van der Waals surface area contributed by atoms with Crippen molar-refractivity contribution in [2.24, 2.45) is 0 Å². The van der Waals surface area contributed by atoms with Gasteiger partial charge in [-0.05, 0) is 74.8 Å². The van der Waals surface area contributed by atoms with Crippen LogP contribution in [-0.2, 0) is 25.2 Å². The summed E-state index contributed by atoms with van der Waals surface area (Å²) >= 11 is 0. The highest BCUT2D eigenvalue weighted by Gasteiger charge is 2.60. The lowest BCUT2D eigenvalue weighted by Crippen LogP contribution is -2.55. The van der Waals surface area contributed by atoms with Crippen molar-refractivity contribution < 1.29 is 27.5 Å². The van der Waals surface area contributed by atoms with Gasteiger partial charge in [0.25, 0.3) is 15.9 Å². The van der Waals surface area contributed by atoms with Gasteiger partial charge >= 0.3 is 6.09 Å². The molecule has 3 heterocycles. The summed E-state index contributed by atoms with van der Waals surface area (Å²) in [5, 5.41) is 9.79. The summed E-state index contributed by atoms with van der Waals surface area (Å²) in [7, 11) is -1.06. The molecule has 2 fully saturated rings. The predicted molar refractivity (Wildman–Crippen MR) is 195 cm³/mol. The van der Waals surface area contributed by atoms with E-state index in [1.165, 1.54) is 31.4 Å². The van der Waals surface area contributed by atoms with Gasteiger partial charge in [-0.2, -0.15) is 9.57 Å². The first kappa shape index (κ1) is 38.9. The normalized spacial score (nSPS) is 20.0. The molecular formula is C36H43Cl2N5O6S. The number of piperazine rings is 1. The fourth-order valence-electron chi connectivity index (χ4n) is 7.15. The van der Waals surface area contributed by atoms with E-state index in [9.17, 15) is 18.5 Å². The van der Waals surface area contributed by atoms with Crippen LogP contribution in [0.1, 0.15) is 54.9 Å². The van der Waals surface area contributed by atoms with E-state index in [0.717, 1.165) is 31.5 Å². The zero-order valence-corrected chi connectivity index (χ0v) is 31.0. The smallest absolute Gasteiger partial charge is 0.411 e. The molecule has 0 aromatic heterocycles. The van der Waals surface area contributed by atoms with Crippen LogP contribution in [0.3, 0.4) is 0 Å². The quantitative estimate of drug-likeness (QED) is 0.315. The Hall–Kier alpha value is -3.86. The molecule has 0 saturated carbocycles. The Morgan fingerprint density at radius 2 is 1.56 bits per heavy atom. The molecule has 11 nitrogen and oxygen atoms in total. The second-order valence-corrected chi connectivity index (χ2v) is 14.7. The number of nitrogens with zero attached hydrogens (tertiary/aromatic N) is 5. The lowest BCUT2D eigenvalue weighted by atomic mass is 9.81. The molecule has 14 heteroatoms. The topological polar surface area (TPSA) is 123 Å². The van der Waals surface area contributed by atoms with E-state index in [4.69, 9.17) is 9.47 Å². The van der Waals surface area contributed by atoms with E-state index >= 15 is 4.79 Å².